The zero-order valence-corrected chi connectivity index (χ0v) is 17.1. The highest BCUT2D eigenvalue weighted by atomic mass is 32.1. The molecule has 0 N–H and O–H groups in total. The summed E-state index contributed by atoms with van der Waals surface area (Å²) in [5.41, 5.74) is 1.38. The zero-order valence-electron chi connectivity index (χ0n) is 16.2. The Bertz CT molecular complexity index is 1120. The number of furan rings is 1. The Morgan fingerprint density at radius 3 is 2.80 bits per heavy atom. The predicted molar refractivity (Wildman–Crippen MR) is 109 cm³/mol. The molecule has 0 bridgehead atoms. The molecule has 0 aliphatic carbocycles. The third-order valence-electron chi connectivity index (χ3n) is 5.61. The van der Waals surface area contributed by atoms with Crippen molar-refractivity contribution in [3.05, 3.63) is 75.9 Å². The molecule has 30 heavy (non-hydrogen) atoms. The highest BCUT2D eigenvalue weighted by Crippen LogP contribution is 2.41. The topological polar surface area (TPSA) is 76.8 Å². The van der Waals surface area contributed by atoms with Crippen LogP contribution < -0.4 is 4.74 Å². The van der Waals surface area contributed by atoms with Gasteiger partial charge in [-0.25, -0.2) is 0 Å². The Hall–Kier alpha value is -3.19. The van der Waals surface area contributed by atoms with Crippen molar-refractivity contribution in [3.8, 4) is 5.75 Å². The quantitative estimate of drug-likeness (QED) is 0.356. The summed E-state index contributed by atoms with van der Waals surface area (Å²) in [5, 5.41) is 1.88. The Morgan fingerprint density at radius 2 is 2.07 bits per heavy atom. The fourth-order valence-electron chi connectivity index (χ4n) is 4.26. The molecule has 3 aromatic rings. The van der Waals surface area contributed by atoms with Crippen LogP contribution in [0.25, 0.3) is 0 Å². The standard InChI is InChI=1S/C23H19NO5S/c1-13-10-15-11-14(6-7-17(15)29-13)21(25)19-20(18-5-3-9-30-18)24(23(27)22(19)26)12-16-4-2-8-28-16/h2-9,11,13,19-20H,10,12H2,1H3. The van der Waals surface area contributed by atoms with Gasteiger partial charge in [-0.05, 0) is 54.3 Å². The molecule has 0 radical (unpaired) electrons. The van der Waals surface area contributed by atoms with Crippen molar-refractivity contribution >= 4 is 28.8 Å². The van der Waals surface area contributed by atoms with E-state index in [4.69, 9.17) is 9.15 Å². The van der Waals surface area contributed by atoms with Crippen molar-refractivity contribution in [2.45, 2.75) is 32.0 Å². The number of benzene rings is 1. The van der Waals surface area contributed by atoms with Crippen molar-refractivity contribution in [3.63, 3.8) is 0 Å². The van der Waals surface area contributed by atoms with Crippen LogP contribution in [0.2, 0.25) is 0 Å². The maximum atomic E-state index is 13.5. The zero-order chi connectivity index (χ0) is 20.8. The van der Waals surface area contributed by atoms with Gasteiger partial charge in [0.15, 0.2) is 5.78 Å². The molecule has 2 aromatic heterocycles. The van der Waals surface area contributed by atoms with Crippen LogP contribution in [-0.2, 0) is 22.6 Å². The van der Waals surface area contributed by atoms with E-state index in [0.717, 1.165) is 16.2 Å². The number of hydrogen-bond acceptors (Lipinski definition) is 6. The number of carbonyl (C=O) groups is 3. The highest BCUT2D eigenvalue weighted by molar-refractivity contribution is 7.10. The van der Waals surface area contributed by atoms with Gasteiger partial charge in [0.2, 0.25) is 5.78 Å². The maximum Gasteiger partial charge on any atom is 0.291 e. The maximum absolute atomic E-state index is 13.5. The van der Waals surface area contributed by atoms with E-state index in [1.165, 1.54) is 22.5 Å². The molecular formula is C23H19NO5S. The minimum absolute atomic E-state index is 0.0581. The Balaban J connectivity index is 1.52. The second-order valence-electron chi connectivity index (χ2n) is 7.63. The number of ether oxygens (including phenoxy) is 1. The molecule has 1 saturated heterocycles. The number of thiophene rings is 1. The van der Waals surface area contributed by atoms with Gasteiger partial charge >= 0.3 is 0 Å². The first-order chi connectivity index (χ1) is 14.5. The van der Waals surface area contributed by atoms with Crippen molar-refractivity contribution in [1.82, 2.24) is 4.90 Å². The normalized spacial score (nSPS) is 23.0. The minimum atomic E-state index is -1.08. The van der Waals surface area contributed by atoms with Gasteiger partial charge in [-0.2, -0.15) is 0 Å². The third-order valence-corrected chi connectivity index (χ3v) is 6.55. The number of fused-ring (bicyclic) bond motifs is 1. The lowest BCUT2D eigenvalue weighted by molar-refractivity contribution is -0.141. The van der Waals surface area contributed by atoms with Crippen molar-refractivity contribution in [2.75, 3.05) is 0 Å². The minimum Gasteiger partial charge on any atom is -0.490 e. The van der Waals surface area contributed by atoms with Crippen LogP contribution in [-0.4, -0.2) is 28.5 Å². The van der Waals surface area contributed by atoms with Crippen LogP contribution in [0.4, 0.5) is 0 Å². The van der Waals surface area contributed by atoms with E-state index in [2.05, 4.69) is 0 Å². The van der Waals surface area contributed by atoms with E-state index in [-0.39, 0.29) is 18.4 Å². The molecule has 1 aromatic carbocycles. The third kappa shape index (κ3) is 3.06. The Morgan fingerprint density at radius 1 is 1.20 bits per heavy atom. The van der Waals surface area contributed by atoms with Crippen LogP contribution in [0.5, 0.6) is 5.75 Å². The molecule has 5 rings (SSSR count). The molecule has 6 nitrogen and oxygen atoms in total. The SMILES string of the molecule is CC1Cc2cc(C(=O)C3C(=O)C(=O)N(Cc4ccco4)C3c3cccs3)ccc2O1. The number of amides is 1. The summed E-state index contributed by atoms with van der Waals surface area (Å²) in [4.78, 5) is 41.6. The van der Waals surface area contributed by atoms with Crippen molar-refractivity contribution in [1.29, 1.82) is 0 Å². The van der Waals surface area contributed by atoms with E-state index in [1.807, 2.05) is 24.4 Å². The molecule has 2 aliphatic heterocycles. The van der Waals surface area contributed by atoms with E-state index >= 15 is 0 Å². The summed E-state index contributed by atoms with van der Waals surface area (Å²) in [6.07, 6.45) is 2.30. The number of carbonyl (C=O) groups excluding carboxylic acids is 3. The molecule has 4 heterocycles. The predicted octanol–water partition coefficient (Wildman–Crippen LogP) is 3.82. The second kappa shape index (κ2) is 7.25. The van der Waals surface area contributed by atoms with Gasteiger partial charge in [0.05, 0.1) is 18.8 Å². The summed E-state index contributed by atoms with van der Waals surface area (Å²) in [7, 11) is 0. The van der Waals surface area contributed by atoms with E-state index in [9.17, 15) is 14.4 Å². The second-order valence-corrected chi connectivity index (χ2v) is 8.61. The number of hydrogen-bond donors (Lipinski definition) is 0. The average Bonchev–Trinajstić information content (AvgIpc) is 3.51. The summed E-state index contributed by atoms with van der Waals surface area (Å²) >= 11 is 1.43. The molecule has 152 valence electrons. The lowest BCUT2D eigenvalue weighted by Gasteiger charge is -2.25. The van der Waals surface area contributed by atoms with Gasteiger partial charge in [-0.3, -0.25) is 14.4 Å². The van der Waals surface area contributed by atoms with Gasteiger partial charge in [0, 0.05) is 16.9 Å². The van der Waals surface area contributed by atoms with Gasteiger partial charge in [0.1, 0.15) is 23.5 Å². The molecule has 0 saturated carbocycles. The van der Waals surface area contributed by atoms with Gasteiger partial charge in [-0.1, -0.05) is 6.07 Å². The smallest absolute Gasteiger partial charge is 0.291 e. The Kier molecular flexibility index (Phi) is 4.55. The lowest BCUT2D eigenvalue weighted by atomic mass is 9.88. The first kappa shape index (κ1) is 18.8. The van der Waals surface area contributed by atoms with Crippen LogP contribution in [0.15, 0.2) is 58.5 Å². The van der Waals surface area contributed by atoms with Crippen molar-refractivity contribution < 1.29 is 23.5 Å². The molecule has 7 heteroatoms. The summed E-state index contributed by atoms with van der Waals surface area (Å²) in [6.45, 7) is 2.11. The fourth-order valence-corrected chi connectivity index (χ4v) is 5.13. The Labute approximate surface area is 177 Å². The largest absolute Gasteiger partial charge is 0.490 e. The number of Topliss-reactive ketones (excluding diaryl/α,β-unsaturated/α-hetero) is 2. The molecule has 0 spiro atoms. The summed E-state index contributed by atoms with van der Waals surface area (Å²) in [5.74, 6) is -1.41. The highest BCUT2D eigenvalue weighted by Gasteiger charge is 2.52. The van der Waals surface area contributed by atoms with Gasteiger partial charge < -0.3 is 14.1 Å². The van der Waals surface area contributed by atoms with Gasteiger partial charge in [0.25, 0.3) is 5.91 Å². The van der Waals surface area contributed by atoms with Crippen LogP contribution in [0, 0.1) is 5.92 Å². The first-order valence-corrected chi connectivity index (χ1v) is 10.7. The summed E-state index contributed by atoms with van der Waals surface area (Å²) < 4.78 is 11.1. The molecule has 2 aliphatic rings. The fraction of sp³-hybridized carbons (Fsp3) is 0.261. The average molecular weight is 421 g/mol. The number of ketones is 2. The van der Waals surface area contributed by atoms with E-state index < -0.39 is 23.7 Å². The first-order valence-electron chi connectivity index (χ1n) is 9.77. The van der Waals surface area contributed by atoms with Crippen LogP contribution >= 0.6 is 11.3 Å². The molecule has 3 unspecified atom stereocenters. The van der Waals surface area contributed by atoms with E-state index in [0.29, 0.717) is 17.7 Å². The monoisotopic (exact) mass is 421 g/mol. The molecule has 1 amide bonds. The number of likely N-dealkylation sites (tertiary alicyclic amines) is 1. The molecule has 3 atom stereocenters. The van der Waals surface area contributed by atoms with Crippen LogP contribution in [0.3, 0.4) is 0 Å². The van der Waals surface area contributed by atoms with Gasteiger partial charge in [-0.15, -0.1) is 11.3 Å². The van der Waals surface area contributed by atoms with Crippen molar-refractivity contribution in [2.24, 2.45) is 5.92 Å². The lowest BCUT2D eigenvalue weighted by Crippen LogP contribution is -2.29. The molecular weight excluding hydrogens is 402 g/mol. The van der Waals surface area contributed by atoms with Crippen LogP contribution in [0.1, 0.15) is 39.5 Å². The number of nitrogens with zero attached hydrogens (tertiary/aromatic N) is 1. The molecule has 1 fully saturated rings. The number of rotatable bonds is 5. The van der Waals surface area contributed by atoms with E-state index in [1.54, 1.807) is 30.3 Å². The summed E-state index contributed by atoms with van der Waals surface area (Å²) in [6, 6.07) is 11.8.